The zero-order valence-electron chi connectivity index (χ0n) is 14.0. The summed E-state index contributed by atoms with van der Waals surface area (Å²) >= 11 is 0. The molecule has 2 atom stereocenters. The Morgan fingerprint density at radius 1 is 1.12 bits per heavy atom. The predicted octanol–water partition coefficient (Wildman–Crippen LogP) is 1.24. The van der Waals surface area contributed by atoms with E-state index in [0.717, 1.165) is 76.1 Å². The molecule has 1 aromatic rings. The Kier molecular flexibility index (Phi) is 5.18. The van der Waals surface area contributed by atoms with Crippen molar-refractivity contribution in [2.45, 2.75) is 19.0 Å². The molecular weight excluding hydrogens is 308 g/mol. The summed E-state index contributed by atoms with van der Waals surface area (Å²) in [7, 11) is 0. The molecule has 4 rings (SSSR count). The third-order valence-corrected chi connectivity index (χ3v) is 5.17. The topological polar surface area (TPSA) is 52.2 Å². The molecule has 0 saturated carbocycles. The molecule has 24 heavy (non-hydrogen) atoms. The van der Waals surface area contributed by atoms with Gasteiger partial charge in [-0.3, -0.25) is 4.90 Å². The van der Waals surface area contributed by atoms with Crippen LogP contribution in [0.5, 0.6) is 11.5 Å². The van der Waals surface area contributed by atoms with Crippen LogP contribution in [-0.2, 0) is 16.0 Å². The molecule has 0 spiro atoms. The van der Waals surface area contributed by atoms with Crippen molar-refractivity contribution < 1.29 is 18.9 Å². The fourth-order valence-electron chi connectivity index (χ4n) is 3.84. The quantitative estimate of drug-likeness (QED) is 0.845. The van der Waals surface area contributed by atoms with E-state index in [1.54, 1.807) is 0 Å². The molecule has 0 bridgehead atoms. The number of nitrogens with zero attached hydrogens (tertiary/aromatic N) is 1. The fourth-order valence-corrected chi connectivity index (χ4v) is 3.84. The van der Waals surface area contributed by atoms with E-state index in [-0.39, 0.29) is 0 Å². The van der Waals surface area contributed by atoms with Crippen LogP contribution < -0.4 is 14.8 Å². The first-order chi connectivity index (χ1) is 11.9. The van der Waals surface area contributed by atoms with E-state index in [1.807, 2.05) is 12.1 Å². The number of morpholine rings is 1. The summed E-state index contributed by atoms with van der Waals surface area (Å²) in [4.78, 5) is 2.56. The van der Waals surface area contributed by atoms with Gasteiger partial charge in [-0.2, -0.15) is 0 Å². The third kappa shape index (κ3) is 3.52. The van der Waals surface area contributed by atoms with E-state index in [0.29, 0.717) is 18.8 Å². The first-order valence-corrected chi connectivity index (χ1v) is 8.89. The number of rotatable bonds is 6. The lowest BCUT2D eigenvalue weighted by Crippen LogP contribution is -2.51. The molecule has 2 fully saturated rings. The van der Waals surface area contributed by atoms with E-state index in [4.69, 9.17) is 18.9 Å². The van der Waals surface area contributed by atoms with Crippen LogP contribution in [0.25, 0.3) is 0 Å². The van der Waals surface area contributed by atoms with Crippen LogP contribution in [0.2, 0.25) is 0 Å². The van der Waals surface area contributed by atoms with Crippen molar-refractivity contribution in [1.29, 1.82) is 0 Å². The first kappa shape index (κ1) is 16.1. The number of para-hydroxylation sites is 1. The van der Waals surface area contributed by atoms with Gasteiger partial charge in [0, 0.05) is 50.3 Å². The summed E-state index contributed by atoms with van der Waals surface area (Å²) in [6.45, 7) is 7.54. The van der Waals surface area contributed by atoms with Crippen LogP contribution in [0, 0.1) is 5.92 Å². The highest BCUT2D eigenvalue weighted by molar-refractivity contribution is 5.48. The van der Waals surface area contributed by atoms with Gasteiger partial charge in [0.1, 0.15) is 0 Å². The van der Waals surface area contributed by atoms with Crippen molar-refractivity contribution in [2.75, 3.05) is 52.9 Å². The molecule has 1 N–H and O–H groups in total. The third-order valence-electron chi connectivity index (χ3n) is 5.17. The van der Waals surface area contributed by atoms with Gasteiger partial charge < -0.3 is 24.3 Å². The summed E-state index contributed by atoms with van der Waals surface area (Å²) in [6.07, 6.45) is 1.15. The van der Waals surface area contributed by atoms with Crippen LogP contribution in [-0.4, -0.2) is 63.8 Å². The normalized spacial score (nSPS) is 25.1. The molecule has 3 heterocycles. The Morgan fingerprint density at radius 3 is 2.88 bits per heavy atom. The second-order valence-electron chi connectivity index (χ2n) is 6.62. The average molecular weight is 334 g/mol. The number of hydrogen-bond donors (Lipinski definition) is 1. The van der Waals surface area contributed by atoms with Gasteiger partial charge in [-0.1, -0.05) is 12.1 Å². The van der Waals surface area contributed by atoms with E-state index < -0.39 is 0 Å². The molecular formula is C18H26N2O4. The van der Waals surface area contributed by atoms with Crippen LogP contribution in [0.3, 0.4) is 0 Å². The van der Waals surface area contributed by atoms with Crippen LogP contribution in [0.15, 0.2) is 18.2 Å². The second-order valence-corrected chi connectivity index (χ2v) is 6.62. The second kappa shape index (κ2) is 7.70. The van der Waals surface area contributed by atoms with Crippen LogP contribution in [0.4, 0.5) is 0 Å². The minimum atomic E-state index is 0.322. The molecule has 2 saturated heterocycles. The van der Waals surface area contributed by atoms with Crippen LogP contribution >= 0.6 is 0 Å². The van der Waals surface area contributed by atoms with Crippen molar-refractivity contribution in [1.82, 2.24) is 10.2 Å². The lowest BCUT2D eigenvalue weighted by molar-refractivity contribution is 0.00136. The molecule has 0 radical (unpaired) electrons. The number of hydrogen-bond acceptors (Lipinski definition) is 6. The monoisotopic (exact) mass is 334 g/mol. The Balaban J connectivity index is 1.37. The summed E-state index contributed by atoms with van der Waals surface area (Å²) in [5.41, 5.74) is 1.16. The van der Waals surface area contributed by atoms with E-state index in [2.05, 4.69) is 16.3 Å². The van der Waals surface area contributed by atoms with Gasteiger partial charge in [-0.25, -0.2) is 0 Å². The van der Waals surface area contributed by atoms with Crippen molar-refractivity contribution >= 4 is 0 Å². The zero-order valence-corrected chi connectivity index (χ0v) is 14.0. The molecule has 132 valence electrons. The van der Waals surface area contributed by atoms with Gasteiger partial charge in [-0.15, -0.1) is 0 Å². The largest absolute Gasteiger partial charge is 0.454 e. The van der Waals surface area contributed by atoms with Crippen molar-refractivity contribution in [3.05, 3.63) is 23.8 Å². The maximum absolute atomic E-state index is 5.63. The summed E-state index contributed by atoms with van der Waals surface area (Å²) in [5, 5.41) is 3.63. The molecule has 6 nitrogen and oxygen atoms in total. The number of fused-ring (bicyclic) bond motifs is 1. The van der Waals surface area contributed by atoms with Gasteiger partial charge in [0.25, 0.3) is 0 Å². The highest BCUT2D eigenvalue weighted by Gasteiger charge is 2.31. The number of nitrogens with one attached hydrogen (secondary N) is 1. The smallest absolute Gasteiger partial charge is 0.231 e. The Labute approximate surface area is 143 Å². The van der Waals surface area contributed by atoms with Gasteiger partial charge in [0.05, 0.1) is 19.8 Å². The molecule has 0 amide bonds. The predicted molar refractivity (Wildman–Crippen MR) is 89.4 cm³/mol. The summed E-state index contributed by atoms with van der Waals surface area (Å²) in [6, 6.07) is 6.58. The standard InChI is InChI=1S/C18H26N2O4/c1-2-14(18-17(3-1)23-13-24-18)10-19-11-16(15-4-7-22-12-15)20-5-8-21-9-6-20/h1-3,15-16,19H,4-13H2. The van der Waals surface area contributed by atoms with E-state index >= 15 is 0 Å². The molecule has 3 aliphatic heterocycles. The van der Waals surface area contributed by atoms with Crippen molar-refractivity contribution in [2.24, 2.45) is 5.92 Å². The minimum absolute atomic E-state index is 0.322. The van der Waals surface area contributed by atoms with E-state index in [1.165, 1.54) is 0 Å². The molecule has 2 unspecified atom stereocenters. The fraction of sp³-hybridized carbons (Fsp3) is 0.667. The first-order valence-electron chi connectivity index (χ1n) is 8.89. The van der Waals surface area contributed by atoms with Gasteiger partial charge in [-0.05, 0) is 12.5 Å². The van der Waals surface area contributed by atoms with Crippen molar-refractivity contribution in [3.8, 4) is 11.5 Å². The molecule has 6 heteroatoms. The molecule has 0 aliphatic carbocycles. The zero-order chi connectivity index (χ0) is 16.2. The summed E-state index contributed by atoms with van der Waals surface area (Å²) < 4.78 is 22.2. The van der Waals surface area contributed by atoms with E-state index in [9.17, 15) is 0 Å². The van der Waals surface area contributed by atoms with Crippen LogP contribution in [0.1, 0.15) is 12.0 Å². The number of benzene rings is 1. The SMILES string of the molecule is c1cc(CNCC(C2CCOC2)N2CCOCC2)c2c(c1)OCO2. The Morgan fingerprint density at radius 2 is 2.04 bits per heavy atom. The average Bonchev–Trinajstić information content (AvgIpc) is 3.31. The van der Waals surface area contributed by atoms with Crippen molar-refractivity contribution in [3.63, 3.8) is 0 Å². The maximum atomic E-state index is 5.63. The lowest BCUT2D eigenvalue weighted by Gasteiger charge is -2.37. The highest BCUT2D eigenvalue weighted by atomic mass is 16.7. The maximum Gasteiger partial charge on any atom is 0.231 e. The molecule has 3 aliphatic rings. The minimum Gasteiger partial charge on any atom is -0.454 e. The van der Waals surface area contributed by atoms with Gasteiger partial charge in [0.2, 0.25) is 6.79 Å². The molecule has 1 aromatic carbocycles. The summed E-state index contributed by atoms with van der Waals surface area (Å²) in [5.74, 6) is 2.34. The Bertz CT molecular complexity index is 542. The lowest BCUT2D eigenvalue weighted by atomic mass is 9.96. The van der Waals surface area contributed by atoms with Gasteiger partial charge in [0.15, 0.2) is 11.5 Å². The van der Waals surface area contributed by atoms with Gasteiger partial charge >= 0.3 is 0 Å². The Hall–Kier alpha value is -1.34. The molecule has 0 aromatic heterocycles. The highest BCUT2D eigenvalue weighted by Crippen LogP contribution is 2.35. The number of ether oxygens (including phenoxy) is 4.